The van der Waals surface area contributed by atoms with Crippen LogP contribution in [0.25, 0.3) is 0 Å². The second kappa shape index (κ2) is 6.37. The van der Waals surface area contributed by atoms with Crippen molar-refractivity contribution < 1.29 is 0 Å². The van der Waals surface area contributed by atoms with Crippen molar-refractivity contribution >= 4 is 5.69 Å². The Morgan fingerprint density at radius 1 is 1.00 bits per heavy atom. The summed E-state index contributed by atoms with van der Waals surface area (Å²) >= 11 is 0. The summed E-state index contributed by atoms with van der Waals surface area (Å²) in [5.41, 5.74) is 9.65. The molecule has 21 heavy (non-hydrogen) atoms. The Morgan fingerprint density at radius 3 is 2.29 bits per heavy atom. The standard InChI is InChI=1S/C18H29N3/c1-14-13-16(19)3-4-18(14)15-5-11-21(12-6-15)17-7-9-20(2)10-8-17/h3-4,13,15,17H,5-12,19H2,1-2H3. The van der Waals surface area contributed by atoms with E-state index in [0.717, 1.165) is 17.6 Å². The molecule has 0 aromatic heterocycles. The number of hydrogen-bond donors (Lipinski definition) is 1. The van der Waals surface area contributed by atoms with E-state index in [1.54, 1.807) is 0 Å². The highest BCUT2D eigenvalue weighted by atomic mass is 15.2. The van der Waals surface area contributed by atoms with Crippen LogP contribution in [0.1, 0.15) is 42.7 Å². The molecule has 0 atom stereocenters. The van der Waals surface area contributed by atoms with Crippen molar-refractivity contribution in [3.05, 3.63) is 29.3 Å². The van der Waals surface area contributed by atoms with Gasteiger partial charge in [-0.3, -0.25) is 0 Å². The molecule has 0 saturated carbocycles. The molecule has 0 unspecified atom stereocenters. The number of aryl methyl sites for hydroxylation is 1. The van der Waals surface area contributed by atoms with Gasteiger partial charge in [0.2, 0.25) is 0 Å². The minimum atomic E-state index is 0.730. The van der Waals surface area contributed by atoms with Gasteiger partial charge in [0.15, 0.2) is 0 Å². The van der Waals surface area contributed by atoms with Crippen LogP contribution >= 0.6 is 0 Å². The summed E-state index contributed by atoms with van der Waals surface area (Å²) in [4.78, 5) is 5.21. The first kappa shape index (κ1) is 14.9. The van der Waals surface area contributed by atoms with E-state index >= 15 is 0 Å². The van der Waals surface area contributed by atoms with E-state index in [9.17, 15) is 0 Å². The molecule has 0 aliphatic carbocycles. The van der Waals surface area contributed by atoms with Crippen LogP contribution < -0.4 is 5.73 Å². The van der Waals surface area contributed by atoms with Crippen molar-refractivity contribution in [1.29, 1.82) is 0 Å². The Labute approximate surface area is 129 Å². The SMILES string of the molecule is Cc1cc(N)ccc1C1CCN(C2CCN(C)CC2)CC1. The fourth-order valence-electron chi connectivity index (χ4n) is 4.09. The van der Waals surface area contributed by atoms with Crippen LogP contribution in [0, 0.1) is 6.92 Å². The maximum absolute atomic E-state index is 5.88. The molecule has 116 valence electrons. The number of piperidine rings is 2. The van der Waals surface area contributed by atoms with Crippen molar-refractivity contribution in [2.45, 2.75) is 44.6 Å². The second-order valence-corrected chi connectivity index (χ2v) is 6.96. The maximum Gasteiger partial charge on any atom is 0.0316 e. The fourth-order valence-corrected chi connectivity index (χ4v) is 4.09. The van der Waals surface area contributed by atoms with Crippen LogP contribution in [0.3, 0.4) is 0 Å². The summed E-state index contributed by atoms with van der Waals surface area (Å²) in [6.45, 7) is 7.27. The molecule has 0 radical (unpaired) electrons. The van der Waals surface area contributed by atoms with Gasteiger partial charge in [-0.25, -0.2) is 0 Å². The van der Waals surface area contributed by atoms with Crippen molar-refractivity contribution in [1.82, 2.24) is 9.80 Å². The molecular formula is C18H29N3. The number of hydrogen-bond acceptors (Lipinski definition) is 3. The summed E-state index contributed by atoms with van der Waals surface area (Å²) in [6.07, 6.45) is 5.30. The number of nitrogen functional groups attached to an aromatic ring is 1. The van der Waals surface area contributed by atoms with Crippen molar-refractivity contribution in [3.63, 3.8) is 0 Å². The number of nitrogens with two attached hydrogens (primary N) is 1. The van der Waals surface area contributed by atoms with E-state index in [0.29, 0.717) is 0 Å². The molecule has 2 N–H and O–H groups in total. The van der Waals surface area contributed by atoms with Gasteiger partial charge in [0.1, 0.15) is 0 Å². The van der Waals surface area contributed by atoms with Crippen molar-refractivity contribution in [3.8, 4) is 0 Å². The van der Waals surface area contributed by atoms with Gasteiger partial charge in [-0.2, -0.15) is 0 Å². The highest BCUT2D eigenvalue weighted by Gasteiger charge is 2.28. The van der Waals surface area contributed by atoms with Crippen LogP contribution in [-0.4, -0.2) is 49.1 Å². The van der Waals surface area contributed by atoms with E-state index in [1.165, 1.54) is 63.0 Å². The molecule has 2 fully saturated rings. The molecule has 0 spiro atoms. The molecule has 1 aromatic carbocycles. The third-order valence-electron chi connectivity index (χ3n) is 5.47. The Hall–Kier alpha value is -1.06. The predicted octanol–water partition coefficient (Wildman–Crippen LogP) is 2.85. The highest BCUT2D eigenvalue weighted by molar-refractivity contribution is 5.45. The zero-order valence-corrected chi connectivity index (χ0v) is 13.5. The van der Waals surface area contributed by atoms with Gasteiger partial charge in [0.05, 0.1) is 0 Å². The number of rotatable bonds is 2. The van der Waals surface area contributed by atoms with Gasteiger partial charge in [0, 0.05) is 11.7 Å². The topological polar surface area (TPSA) is 32.5 Å². The lowest BCUT2D eigenvalue weighted by Gasteiger charge is -2.41. The molecule has 1 aromatic rings. The average Bonchev–Trinajstić information content (AvgIpc) is 2.48. The summed E-state index contributed by atoms with van der Waals surface area (Å²) < 4.78 is 0. The van der Waals surface area contributed by atoms with Gasteiger partial charge in [-0.15, -0.1) is 0 Å². The predicted molar refractivity (Wildman–Crippen MR) is 89.7 cm³/mol. The van der Waals surface area contributed by atoms with Crippen LogP contribution in [0.15, 0.2) is 18.2 Å². The average molecular weight is 287 g/mol. The lowest BCUT2D eigenvalue weighted by Crippen LogP contribution is -2.46. The lowest BCUT2D eigenvalue weighted by molar-refractivity contribution is 0.0966. The second-order valence-electron chi connectivity index (χ2n) is 6.96. The smallest absolute Gasteiger partial charge is 0.0316 e. The molecule has 0 bridgehead atoms. The molecule has 3 heteroatoms. The molecule has 2 saturated heterocycles. The normalized spacial score (nSPS) is 23.5. The zero-order chi connectivity index (χ0) is 14.8. The third-order valence-corrected chi connectivity index (χ3v) is 5.47. The minimum absolute atomic E-state index is 0.730. The van der Waals surface area contributed by atoms with Gasteiger partial charge in [-0.1, -0.05) is 6.07 Å². The first-order valence-electron chi connectivity index (χ1n) is 8.42. The summed E-state index contributed by atoms with van der Waals surface area (Å²) in [5.74, 6) is 0.730. The van der Waals surface area contributed by atoms with Crippen LogP contribution in [0.2, 0.25) is 0 Å². The Bertz CT molecular complexity index is 469. The van der Waals surface area contributed by atoms with E-state index in [2.05, 4.69) is 42.0 Å². The number of likely N-dealkylation sites (tertiary alicyclic amines) is 2. The van der Waals surface area contributed by atoms with Gasteiger partial charge in [0.25, 0.3) is 0 Å². The van der Waals surface area contributed by atoms with E-state index in [-0.39, 0.29) is 0 Å². The Morgan fingerprint density at radius 2 is 1.67 bits per heavy atom. The molecule has 2 aliphatic heterocycles. The maximum atomic E-state index is 5.88. The fraction of sp³-hybridized carbons (Fsp3) is 0.667. The van der Waals surface area contributed by atoms with E-state index in [1.807, 2.05) is 0 Å². The molecular weight excluding hydrogens is 258 g/mol. The quantitative estimate of drug-likeness (QED) is 0.849. The number of anilines is 1. The molecule has 2 heterocycles. The molecule has 2 aliphatic rings. The summed E-state index contributed by atoms with van der Waals surface area (Å²) in [5, 5.41) is 0. The first-order chi connectivity index (χ1) is 10.1. The van der Waals surface area contributed by atoms with Gasteiger partial charge >= 0.3 is 0 Å². The first-order valence-corrected chi connectivity index (χ1v) is 8.42. The number of benzene rings is 1. The van der Waals surface area contributed by atoms with Crippen LogP contribution in [0.5, 0.6) is 0 Å². The van der Waals surface area contributed by atoms with Crippen LogP contribution in [0.4, 0.5) is 5.69 Å². The van der Waals surface area contributed by atoms with E-state index in [4.69, 9.17) is 5.73 Å². The highest BCUT2D eigenvalue weighted by Crippen LogP contribution is 2.32. The van der Waals surface area contributed by atoms with Crippen molar-refractivity contribution in [2.24, 2.45) is 0 Å². The lowest BCUT2D eigenvalue weighted by atomic mass is 9.85. The number of nitrogens with zero attached hydrogens (tertiary/aromatic N) is 2. The van der Waals surface area contributed by atoms with Crippen molar-refractivity contribution in [2.75, 3.05) is 39.0 Å². The Kier molecular flexibility index (Phi) is 4.51. The monoisotopic (exact) mass is 287 g/mol. The summed E-state index contributed by atoms with van der Waals surface area (Å²) in [6, 6.07) is 7.26. The molecule has 0 amide bonds. The Balaban J connectivity index is 1.57. The largest absolute Gasteiger partial charge is 0.399 e. The van der Waals surface area contributed by atoms with Crippen LogP contribution in [-0.2, 0) is 0 Å². The third kappa shape index (κ3) is 3.41. The molecule has 3 nitrogen and oxygen atoms in total. The minimum Gasteiger partial charge on any atom is -0.399 e. The van der Waals surface area contributed by atoms with Gasteiger partial charge < -0.3 is 15.5 Å². The zero-order valence-electron chi connectivity index (χ0n) is 13.5. The van der Waals surface area contributed by atoms with E-state index < -0.39 is 0 Å². The van der Waals surface area contributed by atoms with Gasteiger partial charge in [-0.05, 0) is 95.0 Å². The molecule has 3 rings (SSSR count). The summed E-state index contributed by atoms with van der Waals surface area (Å²) in [7, 11) is 2.24.